The summed E-state index contributed by atoms with van der Waals surface area (Å²) in [5, 5.41) is 2.40. The summed E-state index contributed by atoms with van der Waals surface area (Å²) in [6, 6.07) is 13.3. The molecule has 1 N–H and O–H groups in total. The fourth-order valence-corrected chi connectivity index (χ4v) is 4.40. The zero-order valence-corrected chi connectivity index (χ0v) is 20.9. The van der Waals surface area contributed by atoms with Crippen LogP contribution >= 0.6 is 11.6 Å². The Kier molecular flexibility index (Phi) is 7.56. The van der Waals surface area contributed by atoms with Crippen LogP contribution in [0.25, 0.3) is 0 Å². The van der Waals surface area contributed by atoms with E-state index >= 15 is 0 Å². The van der Waals surface area contributed by atoms with Crippen LogP contribution in [0.15, 0.2) is 52.1 Å². The number of amides is 1. The molecule has 36 heavy (non-hydrogen) atoms. The molecule has 0 saturated heterocycles. The molecule has 1 aliphatic rings. The lowest BCUT2D eigenvalue weighted by atomic mass is 9.89. The molecule has 0 fully saturated rings. The number of fused-ring (bicyclic) bond motifs is 1. The monoisotopic (exact) mass is 503 g/mol. The molecule has 184 valence electrons. The van der Waals surface area contributed by atoms with Crippen molar-refractivity contribution in [3.8, 4) is 11.8 Å². The number of ketones is 1. The van der Waals surface area contributed by atoms with Gasteiger partial charge in [-0.1, -0.05) is 53.3 Å². The molecular weight excluding hydrogens is 478 g/mol. The summed E-state index contributed by atoms with van der Waals surface area (Å²) in [7, 11) is 1.33. The number of anilines is 1. The van der Waals surface area contributed by atoms with E-state index in [9.17, 15) is 19.2 Å². The molecule has 0 atom stereocenters. The molecule has 0 spiro atoms. The zero-order chi connectivity index (χ0) is 25.8. The molecule has 1 aliphatic carbocycles. The van der Waals surface area contributed by atoms with Gasteiger partial charge in [-0.25, -0.2) is 4.79 Å². The van der Waals surface area contributed by atoms with Crippen molar-refractivity contribution in [3.63, 3.8) is 0 Å². The van der Waals surface area contributed by atoms with E-state index in [4.69, 9.17) is 11.6 Å². The number of Topliss-reactive ketones (excluding diaryl/α,β-unsaturated/α-hetero) is 1. The van der Waals surface area contributed by atoms with E-state index in [2.05, 4.69) is 17.2 Å². The van der Waals surface area contributed by atoms with Crippen LogP contribution in [-0.2, 0) is 31.2 Å². The number of benzene rings is 2. The smallest absolute Gasteiger partial charge is 0.319 e. The SMILES string of the molecule is Cc1ccc(CCC(=O)Nc2c(Cl)n(CC#Cc3ccc4c(c3)CCCC4=O)c(=O)n(C)c2=O)cc1. The first-order valence-electron chi connectivity index (χ1n) is 11.7. The van der Waals surface area contributed by atoms with Crippen molar-refractivity contribution in [3.05, 3.63) is 96.3 Å². The van der Waals surface area contributed by atoms with Crippen LogP contribution in [0.5, 0.6) is 0 Å². The summed E-state index contributed by atoms with van der Waals surface area (Å²) in [5.41, 5.74) is 3.11. The number of carbonyl (C=O) groups excluding carboxylic acids is 2. The van der Waals surface area contributed by atoms with Crippen LogP contribution in [0.2, 0.25) is 5.15 Å². The van der Waals surface area contributed by atoms with E-state index in [-0.39, 0.29) is 35.5 Å². The van der Waals surface area contributed by atoms with E-state index in [0.29, 0.717) is 12.8 Å². The van der Waals surface area contributed by atoms with Gasteiger partial charge in [0.05, 0.1) is 6.54 Å². The van der Waals surface area contributed by atoms with Gasteiger partial charge >= 0.3 is 5.69 Å². The van der Waals surface area contributed by atoms with Crippen LogP contribution in [-0.4, -0.2) is 20.8 Å². The Balaban J connectivity index is 1.52. The molecular formula is C28H26ClN3O4. The first-order valence-corrected chi connectivity index (χ1v) is 12.1. The minimum atomic E-state index is -0.683. The fraction of sp³-hybridized carbons (Fsp3) is 0.286. The van der Waals surface area contributed by atoms with Gasteiger partial charge in [0.15, 0.2) is 5.78 Å². The average Bonchev–Trinajstić information content (AvgIpc) is 2.87. The second-order valence-electron chi connectivity index (χ2n) is 8.88. The zero-order valence-electron chi connectivity index (χ0n) is 20.2. The molecule has 1 heterocycles. The fourth-order valence-electron chi connectivity index (χ4n) is 4.14. The largest absolute Gasteiger partial charge is 0.332 e. The third kappa shape index (κ3) is 5.50. The Morgan fingerprint density at radius 3 is 2.58 bits per heavy atom. The van der Waals surface area contributed by atoms with Gasteiger partial charge in [0.25, 0.3) is 5.56 Å². The van der Waals surface area contributed by atoms with Gasteiger partial charge in [-0.3, -0.25) is 23.5 Å². The highest BCUT2D eigenvalue weighted by Crippen LogP contribution is 2.22. The maximum atomic E-state index is 12.7. The maximum Gasteiger partial charge on any atom is 0.332 e. The number of rotatable bonds is 5. The summed E-state index contributed by atoms with van der Waals surface area (Å²) in [6.45, 7) is 1.91. The molecule has 3 aromatic rings. The Bertz CT molecular complexity index is 1520. The average molecular weight is 504 g/mol. The minimum Gasteiger partial charge on any atom is -0.319 e. The number of nitrogens with one attached hydrogen (secondary N) is 1. The van der Waals surface area contributed by atoms with Crippen molar-refractivity contribution >= 4 is 29.0 Å². The molecule has 0 saturated carbocycles. The molecule has 0 radical (unpaired) electrons. The van der Waals surface area contributed by atoms with Crippen molar-refractivity contribution in [2.45, 2.75) is 45.6 Å². The molecule has 1 aromatic heterocycles. The lowest BCUT2D eigenvalue weighted by Gasteiger charge is -2.14. The number of nitrogens with zero attached hydrogens (tertiary/aromatic N) is 2. The second-order valence-corrected chi connectivity index (χ2v) is 9.24. The number of carbonyl (C=O) groups is 2. The molecule has 0 bridgehead atoms. The van der Waals surface area contributed by atoms with Crippen molar-refractivity contribution in [1.29, 1.82) is 0 Å². The van der Waals surface area contributed by atoms with Crippen molar-refractivity contribution < 1.29 is 9.59 Å². The van der Waals surface area contributed by atoms with E-state index in [0.717, 1.165) is 49.8 Å². The number of hydrogen-bond donors (Lipinski definition) is 1. The van der Waals surface area contributed by atoms with Crippen LogP contribution in [0.1, 0.15) is 51.9 Å². The third-order valence-electron chi connectivity index (χ3n) is 6.23. The van der Waals surface area contributed by atoms with Gasteiger partial charge in [-0.15, -0.1) is 0 Å². The maximum absolute atomic E-state index is 12.7. The van der Waals surface area contributed by atoms with Crippen molar-refractivity contribution in [2.75, 3.05) is 5.32 Å². The molecule has 0 unspecified atom stereocenters. The Morgan fingerprint density at radius 1 is 1.08 bits per heavy atom. The number of halogens is 1. The standard InChI is InChI=1S/C28H26ClN3O4/c1-18-8-10-19(11-9-18)13-15-24(34)30-25-26(29)32(28(36)31(2)27(25)35)16-4-5-20-12-14-22-21(17-20)6-3-7-23(22)33/h8-12,14,17H,3,6-7,13,15-16H2,1-2H3,(H,30,34). The number of hydrogen-bond acceptors (Lipinski definition) is 4. The van der Waals surface area contributed by atoms with Crippen molar-refractivity contribution in [1.82, 2.24) is 9.13 Å². The Morgan fingerprint density at radius 2 is 1.83 bits per heavy atom. The number of aromatic nitrogens is 2. The first kappa shape index (κ1) is 25.2. The predicted octanol–water partition coefficient (Wildman–Crippen LogP) is 3.65. The van der Waals surface area contributed by atoms with E-state index in [1.54, 1.807) is 12.1 Å². The highest BCUT2D eigenvalue weighted by atomic mass is 35.5. The summed E-state index contributed by atoms with van der Waals surface area (Å²) in [6.07, 6.45) is 2.88. The van der Waals surface area contributed by atoms with Gasteiger partial charge in [0.2, 0.25) is 5.91 Å². The van der Waals surface area contributed by atoms with E-state index in [1.165, 1.54) is 7.05 Å². The van der Waals surface area contributed by atoms with Crippen LogP contribution in [0, 0.1) is 18.8 Å². The molecule has 4 rings (SSSR count). The molecule has 2 aromatic carbocycles. The normalized spacial score (nSPS) is 12.5. The summed E-state index contributed by atoms with van der Waals surface area (Å²) in [4.78, 5) is 49.9. The highest BCUT2D eigenvalue weighted by molar-refractivity contribution is 6.32. The predicted molar refractivity (Wildman–Crippen MR) is 140 cm³/mol. The molecule has 1 amide bonds. The van der Waals surface area contributed by atoms with Gasteiger partial charge in [0.1, 0.15) is 10.8 Å². The second kappa shape index (κ2) is 10.8. The summed E-state index contributed by atoms with van der Waals surface area (Å²) in [5.74, 6) is 5.67. The topological polar surface area (TPSA) is 90.2 Å². The molecule has 7 nitrogen and oxygen atoms in total. The first-order chi connectivity index (χ1) is 17.2. The highest BCUT2D eigenvalue weighted by Gasteiger charge is 2.18. The third-order valence-corrected chi connectivity index (χ3v) is 6.62. The Labute approximate surface area is 213 Å². The van der Waals surface area contributed by atoms with E-state index < -0.39 is 11.2 Å². The minimum absolute atomic E-state index is 0.0754. The van der Waals surface area contributed by atoms with E-state index in [1.807, 2.05) is 37.3 Å². The Hall–Kier alpha value is -3.89. The van der Waals surface area contributed by atoms with Gasteiger partial charge < -0.3 is 5.32 Å². The van der Waals surface area contributed by atoms with Gasteiger partial charge in [-0.2, -0.15) is 0 Å². The van der Waals surface area contributed by atoms with Gasteiger partial charge in [0, 0.05) is 31.0 Å². The summed E-state index contributed by atoms with van der Waals surface area (Å²) < 4.78 is 2.04. The lowest BCUT2D eigenvalue weighted by molar-refractivity contribution is -0.116. The van der Waals surface area contributed by atoms with Crippen molar-refractivity contribution in [2.24, 2.45) is 7.05 Å². The number of aryl methyl sites for hydroxylation is 3. The van der Waals surface area contributed by atoms with Crippen LogP contribution in [0.3, 0.4) is 0 Å². The van der Waals surface area contributed by atoms with Crippen LogP contribution in [0.4, 0.5) is 5.69 Å². The lowest BCUT2D eigenvalue weighted by Crippen LogP contribution is -2.40. The van der Waals surface area contributed by atoms with Crippen LogP contribution < -0.4 is 16.6 Å². The van der Waals surface area contributed by atoms with Gasteiger partial charge in [-0.05, 0) is 55.5 Å². The molecule has 0 aliphatic heterocycles. The summed E-state index contributed by atoms with van der Waals surface area (Å²) >= 11 is 6.39. The molecule has 8 heteroatoms. The quantitative estimate of drug-likeness (QED) is 0.425.